The fourth-order valence-electron chi connectivity index (χ4n) is 3.49. The van der Waals surface area contributed by atoms with E-state index in [1.165, 1.54) is 17.0 Å². The van der Waals surface area contributed by atoms with E-state index in [2.05, 4.69) is 11.9 Å². The molecule has 2 aromatic rings. The fraction of sp³-hybridized carbons (Fsp3) is 0.350. The van der Waals surface area contributed by atoms with Crippen LogP contribution in [-0.4, -0.2) is 42.8 Å². The number of benzene rings is 2. The van der Waals surface area contributed by atoms with Crippen molar-refractivity contribution in [3.8, 4) is 11.1 Å². The minimum absolute atomic E-state index is 0.308. The lowest BCUT2D eigenvalue weighted by atomic mass is 9.99. The van der Waals surface area contributed by atoms with Gasteiger partial charge in [0.25, 0.3) is 0 Å². The summed E-state index contributed by atoms with van der Waals surface area (Å²) in [6, 6.07) is 11.9. The summed E-state index contributed by atoms with van der Waals surface area (Å²) in [6.07, 6.45) is 0.0117. The number of aryl methyl sites for hydroxylation is 1. The van der Waals surface area contributed by atoms with Gasteiger partial charge in [0.2, 0.25) is 0 Å². The molecule has 25 heavy (non-hydrogen) atoms. The minimum Gasteiger partial charge on any atom is -0.465 e. The third-order valence-corrected chi connectivity index (χ3v) is 4.74. The third-order valence-electron chi connectivity index (χ3n) is 4.74. The first-order valence-electron chi connectivity index (χ1n) is 8.49. The van der Waals surface area contributed by atoms with Crippen LogP contribution in [0.1, 0.15) is 12.0 Å². The zero-order valence-corrected chi connectivity index (χ0v) is 14.6. The molecule has 1 aliphatic heterocycles. The van der Waals surface area contributed by atoms with Crippen LogP contribution in [0.25, 0.3) is 11.1 Å². The molecule has 1 fully saturated rings. The van der Waals surface area contributed by atoms with Crippen molar-refractivity contribution in [2.45, 2.75) is 13.3 Å². The van der Waals surface area contributed by atoms with Crippen LogP contribution in [0, 0.1) is 18.7 Å². The molecular formula is C20H23FN2O2. The highest BCUT2D eigenvalue weighted by molar-refractivity contribution is 5.93. The molecule has 2 aromatic carbocycles. The number of carbonyl (C=O) groups is 1. The lowest BCUT2D eigenvalue weighted by Crippen LogP contribution is -2.35. The second-order valence-corrected chi connectivity index (χ2v) is 6.84. The lowest BCUT2D eigenvalue weighted by molar-refractivity contribution is 0.200. The highest BCUT2D eigenvalue weighted by Crippen LogP contribution is 2.33. The summed E-state index contributed by atoms with van der Waals surface area (Å²) in [6.45, 7) is 4.28. The molecule has 5 heteroatoms. The SMILES string of the molecule is Cc1ccc(N(C[C@@H]2CCN(C)C2)C(=O)O)c(-c2cccc(F)c2)c1. The van der Waals surface area contributed by atoms with Crippen molar-refractivity contribution in [1.29, 1.82) is 0 Å². The maximum Gasteiger partial charge on any atom is 0.411 e. The quantitative estimate of drug-likeness (QED) is 0.904. The van der Waals surface area contributed by atoms with Crippen molar-refractivity contribution >= 4 is 11.8 Å². The number of hydrogen-bond acceptors (Lipinski definition) is 2. The number of rotatable bonds is 4. The summed E-state index contributed by atoms with van der Waals surface area (Å²) in [5.74, 6) is -0.0213. The first kappa shape index (κ1) is 17.4. The predicted octanol–water partition coefficient (Wildman–Crippen LogP) is 4.24. The summed E-state index contributed by atoms with van der Waals surface area (Å²) >= 11 is 0. The smallest absolute Gasteiger partial charge is 0.411 e. The van der Waals surface area contributed by atoms with Crippen LogP contribution in [0.5, 0.6) is 0 Å². The Balaban J connectivity index is 2.00. The average Bonchev–Trinajstić information content (AvgIpc) is 2.98. The topological polar surface area (TPSA) is 43.8 Å². The Morgan fingerprint density at radius 1 is 1.32 bits per heavy atom. The van der Waals surface area contributed by atoms with E-state index in [-0.39, 0.29) is 5.82 Å². The molecule has 0 aromatic heterocycles. The van der Waals surface area contributed by atoms with Crippen molar-refractivity contribution < 1.29 is 14.3 Å². The number of nitrogens with zero attached hydrogens (tertiary/aromatic N) is 2. The average molecular weight is 342 g/mol. The van der Waals surface area contributed by atoms with E-state index < -0.39 is 6.09 Å². The number of carboxylic acid groups (broad SMARTS) is 1. The van der Waals surface area contributed by atoms with E-state index in [9.17, 15) is 14.3 Å². The van der Waals surface area contributed by atoms with Crippen LogP contribution >= 0.6 is 0 Å². The normalized spacial score (nSPS) is 17.6. The molecular weight excluding hydrogens is 319 g/mol. The highest BCUT2D eigenvalue weighted by Gasteiger charge is 2.26. The Morgan fingerprint density at radius 3 is 2.76 bits per heavy atom. The molecule has 1 atom stereocenters. The Bertz CT molecular complexity index is 778. The van der Waals surface area contributed by atoms with Crippen molar-refractivity contribution in [3.05, 3.63) is 53.8 Å². The molecule has 0 spiro atoms. The molecule has 3 rings (SSSR count). The van der Waals surface area contributed by atoms with Gasteiger partial charge in [-0.15, -0.1) is 0 Å². The summed E-state index contributed by atoms with van der Waals surface area (Å²) in [5, 5.41) is 9.79. The Morgan fingerprint density at radius 2 is 2.12 bits per heavy atom. The number of likely N-dealkylation sites (tertiary alicyclic amines) is 1. The first-order valence-corrected chi connectivity index (χ1v) is 8.49. The molecule has 1 amide bonds. The van der Waals surface area contributed by atoms with E-state index in [0.29, 0.717) is 23.7 Å². The molecule has 4 nitrogen and oxygen atoms in total. The van der Waals surface area contributed by atoms with Crippen LogP contribution in [-0.2, 0) is 0 Å². The number of hydrogen-bond donors (Lipinski definition) is 1. The summed E-state index contributed by atoms with van der Waals surface area (Å²) < 4.78 is 13.7. The van der Waals surface area contributed by atoms with Gasteiger partial charge in [0, 0.05) is 18.7 Å². The van der Waals surface area contributed by atoms with Gasteiger partial charge in [-0.25, -0.2) is 9.18 Å². The van der Waals surface area contributed by atoms with Crippen LogP contribution in [0.2, 0.25) is 0 Å². The monoisotopic (exact) mass is 342 g/mol. The highest BCUT2D eigenvalue weighted by atomic mass is 19.1. The zero-order valence-electron chi connectivity index (χ0n) is 14.6. The molecule has 0 radical (unpaired) electrons. The van der Waals surface area contributed by atoms with Gasteiger partial charge in [-0.2, -0.15) is 0 Å². The van der Waals surface area contributed by atoms with Gasteiger partial charge in [0.05, 0.1) is 5.69 Å². The fourth-order valence-corrected chi connectivity index (χ4v) is 3.49. The maximum atomic E-state index is 13.7. The number of anilines is 1. The lowest BCUT2D eigenvalue weighted by Gasteiger charge is -2.25. The van der Waals surface area contributed by atoms with Gasteiger partial charge < -0.3 is 10.0 Å². The minimum atomic E-state index is -0.976. The molecule has 1 heterocycles. The second kappa shape index (κ2) is 7.23. The molecule has 0 bridgehead atoms. The Hall–Kier alpha value is -2.40. The van der Waals surface area contributed by atoms with E-state index >= 15 is 0 Å². The third kappa shape index (κ3) is 3.99. The molecule has 132 valence electrons. The molecule has 1 aliphatic rings. The van der Waals surface area contributed by atoms with E-state index in [1.807, 2.05) is 31.2 Å². The summed E-state index contributed by atoms with van der Waals surface area (Å²) in [4.78, 5) is 15.6. The molecule has 0 aliphatic carbocycles. The van der Waals surface area contributed by atoms with Crippen LogP contribution in [0.4, 0.5) is 14.9 Å². The number of halogens is 1. The van der Waals surface area contributed by atoms with Crippen molar-refractivity contribution in [3.63, 3.8) is 0 Å². The van der Waals surface area contributed by atoms with Gasteiger partial charge in [-0.1, -0.05) is 23.8 Å². The maximum absolute atomic E-state index is 13.7. The number of amides is 1. The van der Waals surface area contributed by atoms with Crippen molar-refractivity contribution in [2.75, 3.05) is 31.6 Å². The van der Waals surface area contributed by atoms with Gasteiger partial charge in [-0.3, -0.25) is 4.90 Å². The van der Waals surface area contributed by atoms with Crippen molar-refractivity contribution in [2.24, 2.45) is 5.92 Å². The van der Waals surface area contributed by atoms with Gasteiger partial charge in [0.1, 0.15) is 5.82 Å². The van der Waals surface area contributed by atoms with Crippen molar-refractivity contribution in [1.82, 2.24) is 4.90 Å². The van der Waals surface area contributed by atoms with Crippen LogP contribution < -0.4 is 4.90 Å². The van der Waals surface area contributed by atoms with Gasteiger partial charge >= 0.3 is 6.09 Å². The Kier molecular flexibility index (Phi) is 5.04. The molecule has 1 saturated heterocycles. The predicted molar refractivity (Wildman–Crippen MR) is 97.5 cm³/mol. The van der Waals surface area contributed by atoms with E-state index in [0.717, 1.165) is 30.6 Å². The summed E-state index contributed by atoms with van der Waals surface area (Å²) in [5.41, 5.74) is 3.05. The van der Waals surface area contributed by atoms with Gasteiger partial charge in [-0.05, 0) is 62.7 Å². The standard InChI is InChI=1S/C20H23FN2O2/c1-14-6-7-19(18(10-14)16-4-3-5-17(21)11-16)23(20(24)25)13-15-8-9-22(2)12-15/h3-7,10-11,15H,8-9,12-13H2,1-2H3,(H,24,25)/t15-/m1/s1. The van der Waals surface area contributed by atoms with E-state index in [4.69, 9.17) is 0 Å². The van der Waals surface area contributed by atoms with Gasteiger partial charge in [0.15, 0.2) is 0 Å². The summed E-state index contributed by atoms with van der Waals surface area (Å²) in [7, 11) is 2.05. The first-order chi connectivity index (χ1) is 11.9. The molecule has 0 unspecified atom stereocenters. The molecule has 0 saturated carbocycles. The second-order valence-electron chi connectivity index (χ2n) is 6.84. The molecule has 1 N–H and O–H groups in total. The largest absolute Gasteiger partial charge is 0.465 e. The van der Waals surface area contributed by atoms with E-state index in [1.54, 1.807) is 6.07 Å². The zero-order chi connectivity index (χ0) is 18.0. The van der Waals surface area contributed by atoms with Crippen LogP contribution in [0.3, 0.4) is 0 Å². The Labute approximate surface area is 147 Å². The van der Waals surface area contributed by atoms with Crippen LogP contribution in [0.15, 0.2) is 42.5 Å².